The number of pyridine rings is 1. The summed E-state index contributed by atoms with van der Waals surface area (Å²) in [6.07, 6.45) is 1.59. The molecular formula is C28H23N5O3. The van der Waals surface area contributed by atoms with Gasteiger partial charge in [-0.3, -0.25) is 19.8 Å². The van der Waals surface area contributed by atoms with Gasteiger partial charge in [0.25, 0.3) is 17.7 Å². The van der Waals surface area contributed by atoms with E-state index in [2.05, 4.69) is 15.3 Å². The van der Waals surface area contributed by atoms with Crippen molar-refractivity contribution in [2.24, 2.45) is 0 Å². The molecule has 0 bridgehead atoms. The molecule has 3 heterocycles. The molecule has 2 aliphatic heterocycles. The lowest BCUT2D eigenvalue weighted by molar-refractivity contribution is 0.0647. The van der Waals surface area contributed by atoms with Gasteiger partial charge in [-0.1, -0.05) is 36.4 Å². The molecule has 6 rings (SSSR count). The van der Waals surface area contributed by atoms with Gasteiger partial charge < -0.3 is 9.80 Å². The summed E-state index contributed by atoms with van der Waals surface area (Å²) in [5.74, 6) is -0.392. The Morgan fingerprint density at radius 1 is 0.750 bits per heavy atom. The summed E-state index contributed by atoms with van der Waals surface area (Å²) in [5, 5.41) is 2.53. The van der Waals surface area contributed by atoms with Crippen LogP contribution in [0.15, 0.2) is 85.1 Å². The van der Waals surface area contributed by atoms with Crippen LogP contribution in [0.5, 0.6) is 0 Å². The minimum absolute atomic E-state index is 0.0313. The fraction of sp³-hybridized carbons (Fsp3) is 0.143. The maximum Gasteiger partial charge on any atom is 0.280 e. The number of amides is 3. The monoisotopic (exact) mass is 477 g/mol. The highest BCUT2D eigenvalue weighted by atomic mass is 16.2. The van der Waals surface area contributed by atoms with Gasteiger partial charge in [0, 0.05) is 54.4 Å². The number of nitrogens with one attached hydrogen (secondary N) is 1. The van der Waals surface area contributed by atoms with Crippen LogP contribution < -0.4 is 10.3 Å². The maximum absolute atomic E-state index is 13.3. The van der Waals surface area contributed by atoms with Crippen molar-refractivity contribution in [3.63, 3.8) is 0 Å². The van der Waals surface area contributed by atoms with E-state index in [-0.39, 0.29) is 5.91 Å². The van der Waals surface area contributed by atoms with Gasteiger partial charge in [-0.05, 0) is 42.5 Å². The topological polar surface area (TPSA) is 85.8 Å². The summed E-state index contributed by atoms with van der Waals surface area (Å²) in [5.41, 5.74) is 5.41. The SMILES string of the molecule is O=C(c1ccccc1)N1CCN(c2ccc3c4c(cccc24)C(=O)N(Nc2ccccn2)C3=O)CC1. The molecule has 3 amide bonds. The lowest BCUT2D eigenvalue weighted by Gasteiger charge is -2.37. The first-order chi connectivity index (χ1) is 17.6. The van der Waals surface area contributed by atoms with Crippen LogP contribution in [0.3, 0.4) is 0 Å². The zero-order valence-electron chi connectivity index (χ0n) is 19.4. The summed E-state index contributed by atoms with van der Waals surface area (Å²) in [6, 6.07) is 23.8. The molecule has 1 fully saturated rings. The van der Waals surface area contributed by atoms with Crippen molar-refractivity contribution in [2.75, 3.05) is 36.5 Å². The third-order valence-corrected chi connectivity index (χ3v) is 6.70. The van der Waals surface area contributed by atoms with E-state index in [1.165, 1.54) is 0 Å². The van der Waals surface area contributed by atoms with Gasteiger partial charge in [-0.15, -0.1) is 0 Å². The van der Waals surface area contributed by atoms with Gasteiger partial charge >= 0.3 is 0 Å². The van der Waals surface area contributed by atoms with Crippen molar-refractivity contribution in [1.29, 1.82) is 0 Å². The number of hydrogen-bond donors (Lipinski definition) is 1. The van der Waals surface area contributed by atoms with E-state index in [0.29, 0.717) is 54.1 Å². The van der Waals surface area contributed by atoms with Gasteiger partial charge in [-0.25, -0.2) is 4.98 Å². The Hall–Kier alpha value is -4.72. The maximum atomic E-state index is 13.3. The van der Waals surface area contributed by atoms with Gasteiger partial charge in [-0.2, -0.15) is 5.01 Å². The molecule has 0 atom stereocenters. The van der Waals surface area contributed by atoms with Gasteiger partial charge in [0.05, 0.1) is 11.1 Å². The van der Waals surface area contributed by atoms with Crippen LogP contribution in [0.25, 0.3) is 10.8 Å². The third kappa shape index (κ3) is 3.63. The van der Waals surface area contributed by atoms with E-state index >= 15 is 0 Å². The van der Waals surface area contributed by atoms with Gasteiger partial charge in [0.2, 0.25) is 0 Å². The molecule has 3 aromatic carbocycles. The number of nitrogens with zero attached hydrogens (tertiary/aromatic N) is 4. The zero-order valence-corrected chi connectivity index (χ0v) is 19.4. The van der Waals surface area contributed by atoms with Crippen molar-refractivity contribution in [2.45, 2.75) is 0 Å². The molecule has 0 radical (unpaired) electrons. The summed E-state index contributed by atoms with van der Waals surface area (Å²) in [6.45, 7) is 2.51. The number of aromatic nitrogens is 1. The number of benzene rings is 3. The van der Waals surface area contributed by atoms with E-state index in [0.717, 1.165) is 16.1 Å². The van der Waals surface area contributed by atoms with Crippen LogP contribution in [0.1, 0.15) is 31.1 Å². The van der Waals surface area contributed by atoms with Crippen LogP contribution in [0.2, 0.25) is 0 Å². The number of imide groups is 1. The zero-order chi connectivity index (χ0) is 24.6. The van der Waals surface area contributed by atoms with Crippen LogP contribution in [0.4, 0.5) is 11.5 Å². The number of hydrazine groups is 1. The molecule has 36 heavy (non-hydrogen) atoms. The fourth-order valence-electron chi connectivity index (χ4n) is 4.92. The molecule has 0 aliphatic carbocycles. The Morgan fingerprint density at radius 3 is 2.19 bits per heavy atom. The van der Waals surface area contributed by atoms with Crippen molar-refractivity contribution in [3.8, 4) is 0 Å². The molecule has 0 saturated carbocycles. The number of anilines is 2. The minimum Gasteiger partial charge on any atom is -0.367 e. The molecule has 1 aromatic heterocycles. The number of piperazine rings is 1. The molecule has 1 N–H and O–H groups in total. The van der Waals surface area contributed by atoms with Crippen LogP contribution >= 0.6 is 0 Å². The summed E-state index contributed by atoms with van der Waals surface area (Å²) in [4.78, 5) is 47.7. The lowest BCUT2D eigenvalue weighted by Crippen LogP contribution is -2.49. The molecule has 1 saturated heterocycles. The second-order valence-corrected chi connectivity index (χ2v) is 8.78. The summed E-state index contributed by atoms with van der Waals surface area (Å²) < 4.78 is 0. The largest absolute Gasteiger partial charge is 0.367 e. The molecule has 0 unspecified atom stereocenters. The van der Waals surface area contributed by atoms with E-state index in [4.69, 9.17) is 0 Å². The first-order valence-corrected chi connectivity index (χ1v) is 11.8. The molecule has 8 nitrogen and oxygen atoms in total. The Balaban J connectivity index is 1.28. The lowest BCUT2D eigenvalue weighted by atomic mass is 9.93. The highest BCUT2D eigenvalue weighted by molar-refractivity contribution is 6.27. The van der Waals surface area contributed by atoms with E-state index < -0.39 is 11.8 Å². The number of hydrogen-bond acceptors (Lipinski definition) is 6. The van der Waals surface area contributed by atoms with E-state index in [1.807, 2.05) is 53.4 Å². The smallest absolute Gasteiger partial charge is 0.280 e. The van der Waals surface area contributed by atoms with Crippen LogP contribution in [0, 0.1) is 0 Å². The molecule has 178 valence electrons. The van der Waals surface area contributed by atoms with Gasteiger partial charge in [0.1, 0.15) is 5.82 Å². The fourth-order valence-corrected chi connectivity index (χ4v) is 4.92. The normalized spacial score (nSPS) is 15.4. The summed E-state index contributed by atoms with van der Waals surface area (Å²) in [7, 11) is 0. The average Bonchev–Trinajstić information content (AvgIpc) is 2.94. The highest BCUT2D eigenvalue weighted by Gasteiger charge is 2.34. The van der Waals surface area contributed by atoms with Crippen molar-refractivity contribution in [1.82, 2.24) is 14.9 Å². The van der Waals surface area contributed by atoms with Crippen molar-refractivity contribution in [3.05, 3.63) is 102 Å². The highest BCUT2D eigenvalue weighted by Crippen LogP contribution is 2.36. The van der Waals surface area contributed by atoms with Crippen molar-refractivity contribution < 1.29 is 14.4 Å². The second kappa shape index (κ2) is 8.81. The van der Waals surface area contributed by atoms with E-state index in [9.17, 15) is 14.4 Å². The Bertz CT molecular complexity index is 1460. The van der Waals surface area contributed by atoms with Crippen LogP contribution in [-0.4, -0.2) is 58.8 Å². The molecule has 0 spiro atoms. The quantitative estimate of drug-likeness (QED) is 0.450. The first kappa shape index (κ1) is 21.8. The standard InChI is InChI=1S/C28H23N5O3/c34-26(19-7-2-1-3-8-19)32-17-15-31(16-18-32)23-13-12-22-25-20(23)9-6-10-21(25)27(35)33(28(22)36)30-24-11-4-5-14-29-24/h1-14H,15-18H2,(H,29,30). The Morgan fingerprint density at radius 2 is 1.47 bits per heavy atom. The molecular weight excluding hydrogens is 454 g/mol. The average molecular weight is 478 g/mol. The minimum atomic E-state index is -0.417. The van der Waals surface area contributed by atoms with Crippen molar-refractivity contribution >= 4 is 40.0 Å². The number of carbonyl (C=O) groups is 3. The van der Waals surface area contributed by atoms with Crippen LogP contribution in [-0.2, 0) is 0 Å². The predicted octanol–water partition coefficient (Wildman–Crippen LogP) is 3.82. The van der Waals surface area contributed by atoms with Gasteiger partial charge in [0.15, 0.2) is 0 Å². The Kier molecular flexibility index (Phi) is 5.33. The third-order valence-electron chi connectivity index (χ3n) is 6.70. The number of carbonyl (C=O) groups excluding carboxylic acids is 3. The Labute approximate surface area is 207 Å². The second-order valence-electron chi connectivity index (χ2n) is 8.78. The first-order valence-electron chi connectivity index (χ1n) is 11.8. The van der Waals surface area contributed by atoms with E-state index in [1.54, 1.807) is 36.5 Å². The predicted molar refractivity (Wildman–Crippen MR) is 137 cm³/mol. The molecule has 2 aliphatic rings. The molecule has 4 aromatic rings. The summed E-state index contributed by atoms with van der Waals surface area (Å²) >= 11 is 0. The molecule has 8 heteroatoms. The number of rotatable bonds is 4.